The summed E-state index contributed by atoms with van der Waals surface area (Å²) in [6.45, 7) is 3.99. The van der Waals surface area contributed by atoms with E-state index in [1.54, 1.807) is 0 Å². The minimum atomic E-state index is -0.359. The minimum absolute atomic E-state index is 0.151. The molecule has 1 spiro atoms. The molecular weight excluding hydrogens is 214 g/mol. The summed E-state index contributed by atoms with van der Waals surface area (Å²) >= 11 is 0. The van der Waals surface area contributed by atoms with Gasteiger partial charge in [0.15, 0.2) is 0 Å². The smallest absolute Gasteiger partial charge is 0.339 e. The van der Waals surface area contributed by atoms with Crippen LogP contribution in [0.15, 0.2) is 18.2 Å². The standard InChI is InChI=1S/C14H17NO2/c1-10-3-4-11-12(9-10)14(17-13(11)16)5-2-7-15-8-6-14/h3-4,9,15H,2,5-8H2,1H3. The summed E-state index contributed by atoms with van der Waals surface area (Å²) in [5.41, 5.74) is 2.70. The van der Waals surface area contributed by atoms with Crippen molar-refractivity contribution in [2.45, 2.75) is 31.8 Å². The van der Waals surface area contributed by atoms with E-state index in [2.05, 4.69) is 18.3 Å². The van der Waals surface area contributed by atoms with Gasteiger partial charge in [-0.25, -0.2) is 4.79 Å². The molecule has 0 amide bonds. The Morgan fingerprint density at radius 3 is 3.06 bits per heavy atom. The Balaban J connectivity index is 2.09. The zero-order valence-corrected chi connectivity index (χ0v) is 10.1. The highest BCUT2D eigenvalue weighted by molar-refractivity contribution is 5.94. The molecule has 0 bridgehead atoms. The molecule has 3 rings (SSSR count). The molecule has 2 aliphatic rings. The van der Waals surface area contributed by atoms with Gasteiger partial charge in [0, 0.05) is 12.0 Å². The Hall–Kier alpha value is -1.35. The molecule has 2 heterocycles. The molecule has 3 heteroatoms. The normalized spacial score (nSPS) is 27.7. The van der Waals surface area contributed by atoms with E-state index in [4.69, 9.17) is 4.74 Å². The van der Waals surface area contributed by atoms with Crippen LogP contribution in [0.2, 0.25) is 0 Å². The molecule has 0 aliphatic carbocycles. The lowest BCUT2D eigenvalue weighted by molar-refractivity contribution is -0.0147. The van der Waals surface area contributed by atoms with E-state index in [0.717, 1.165) is 43.5 Å². The first kappa shape index (κ1) is 10.8. The number of carbonyl (C=O) groups excluding carboxylic acids is 1. The van der Waals surface area contributed by atoms with Gasteiger partial charge < -0.3 is 10.1 Å². The number of esters is 1. The molecule has 1 aromatic carbocycles. The van der Waals surface area contributed by atoms with Crippen molar-refractivity contribution in [1.82, 2.24) is 5.32 Å². The number of carbonyl (C=O) groups is 1. The molecule has 1 atom stereocenters. The molecule has 0 radical (unpaired) electrons. The maximum absolute atomic E-state index is 11.9. The highest BCUT2D eigenvalue weighted by Gasteiger charge is 2.45. The summed E-state index contributed by atoms with van der Waals surface area (Å²) in [7, 11) is 0. The number of nitrogens with one attached hydrogen (secondary N) is 1. The van der Waals surface area contributed by atoms with Crippen molar-refractivity contribution in [3.8, 4) is 0 Å². The SMILES string of the molecule is Cc1ccc2c(c1)C1(CCCNCC1)OC2=O. The van der Waals surface area contributed by atoms with Gasteiger partial charge in [0.05, 0.1) is 5.56 Å². The van der Waals surface area contributed by atoms with E-state index in [-0.39, 0.29) is 11.6 Å². The minimum Gasteiger partial charge on any atom is -0.450 e. The first-order valence-corrected chi connectivity index (χ1v) is 6.26. The van der Waals surface area contributed by atoms with E-state index >= 15 is 0 Å². The van der Waals surface area contributed by atoms with Gasteiger partial charge in [-0.15, -0.1) is 0 Å². The number of hydrogen-bond donors (Lipinski definition) is 1. The van der Waals surface area contributed by atoms with Gasteiger partial charge in [-0.2, -0.15) is 0 Å². The monoisotopic (exact) mass is 231 g/mol. The highest BCUT2D eigenvalue weighted by atomic mass is 16.6. The zero-order valence-electron chi connectivity index (χ0n) is 10.1. The Kier molecular flexibility index (Phi) is 2.44. The predicted molar refractivity (Wildman–Crippen MR) is 65.0 cm³/mol. The van der Waals surface area contributed by atoms with E-state index in [0.29, 0.717) is 0 Å². The maximum atomic E-state index is 11.9. The van der Waals surface area contributed by atoms with Crippen molar-refractivity contribution in [3.63, 3.8) is 0 Å². The van der Waals surface area contributed by atoms with E-state index in [1.165, 1.54) is 5.56 Å². The van der Waals surface area contributed by atoms with Crippen LogP contribution in [0.5, 0.6) is 0 Å². The summed E-state index contributed by atoms with van der Waals surface area (Å²) in [5.74, 6) is -0.151. The first-order chi connectivity index (χ1) is 8.21. The van der Waals surface area contributed by atoms with Crippen molar-refractivity contribution in [2.24, 2.45) is 0 Å². The van der Waals surface area contributed by atoms with Gasteiger partial charge in [0.25, 0.3) is 0 Å². The molecular formula is C14H17NO2. The third kappa shape index (κ3) is 1.65. The average Bonchev–Trinajstić information content (AvgIpc) is 2.49. The van der Waals surface area contributed by atoms with Crippen molar-refractivity contribution in [2.75, 3.05) is 13.1 Å². The lowest BCUT2D eigenvalue weighted by atomic mass is 9.85. The summed E-state index contributed by atoms with van der Waals surface area (Å²) in [4.78, 5) is 11.9. The number of rotatable bonds is 0. The van der Waals surface area contributed by atoms with E-state index in [1.807, 2.05) is 12.1 Å². The van der Waals surface area contributed by atoms with Crippen molar-refractivity contribution in [1.29, 1.82) is 0 Å². The van der Waals surface area contributed by atoms with Gasteiger partial charge in [0.1, 0.15) is 5.60 Å². The number of aryl methyl sites for hydroxylation is 1. The molecule has 0 aromatic heterocycles. The summed E-state index contributed by atoms with van der Waals surface area (Å²) in [6.07, 6.45) is 2.87. The van der Waals surface area contributed by atoms with Crippen LogP contribution in [-0.4, -0.2) is 19.1 Å². The summed E-state index contributed by atoms with van der Waals surface area (Å²) in [5, 5.41) is 3.37. The number of ether oxygens (including phenoxy) is 1. The molecule has 3 nitrogen and oxygen atoms in total. The van der Waals surface area contributed by atoms with Crippen molar-refractivity contribution in [3.05, 3.63) is 34.9 Å². The van der Waals surface area contributed by atoms with E-state index < -0.39 is 0 Å². The molecule has 1 fully saturated rings. The molecule has 1 saturated heterocycles. The largest absolute Gasteiger partial charge is 0.450 e. The van der Waals surface area contributed by atoms with E-state index in [9.17, 15) is 4.79 Å². The fourth-order valence-corrected chi connectivity index (χ4v) is 2.91. The highest BCUT2D eigenvalue weighted by Crippen LogP contribution is 2.43. The second-order valence-corrected chi connectivity index (χ2v) is 5.04. The van der Waals surface area contributed by atoms with Crippen LogP contribution in [-0.2, 0) is 10.3 Å². The Morgan fingerprint density at radius 2 is 2.18 bits per heavy atom. The molecule has 0 saturated carbocycles. The fourth-order valence-electron chi connectivity index (χ4n) is 2.91. The van der Waals surface area contributed by atoms with Crippen LogP contribution in [0.1, 0.15) is 40.7 Å². The average molecular weight is 231 g/mol. The van der Waals surface area contributed by atoms with Crippen LogP contribution in [0.4, 0.5) is 0 Å². The molecule has 17 heavy (non-hydrogen) atoms. The number of hydrogen-bond acceptors (Lipinski definition) is 3. The molecule has 1 N–H and O–H groups in total. The van der Waals surface area contributed by atoms with Crippen LogP contribution in [0.25, 0.3) is 0 Å². The van der Waals surface area contributed by atoms with Crippen LogP contribution >= 0.6 is 0 Å². The predicted octanol–water partition coefficient (Wildman–Crippen LogP) is 2.13. The Labute approximate surface area is 101 Å². The lowest BCUT2D eigenvalue weighted by Crippen LogP contribution is -2.27. The molecule has 1 unspecified atom stereocenters. The Morgan fingerprint density at radius 1 is 1.29 bits per heavy atom. The molecule has 90 valence electrons. The third-order valence-corrected chi connectivity index (χ3v) is 3.81. The zero-order chi connectivity index (χ0) is 11.9. The fraction of sp³-hybridized carbons (Fsp3) is 0.500. The first-order valence-electron chi connectivity index (χ1n) is 6.26. The third-order valence-electron chi connectivity index (χ3n) is 3.81. The van der Waals surface area contributed by atoms with Gasteiger partial charge in [-0.05, 0) is 38.9 Å². The maximum Gasteiger partial charge on any atom is 0.339 e. The molecule has 1 aromatic rings. The summed E-state index contributed by atoms with van der Waals surface area (Å²) < 4.78 is 5.72. The van der Waals surface area contributed by atoms with Gasteiger partial charge in [-0.1, -0.05) is 17.7 Å². The second kappa shape index (κ2) is 3.84. The van der Waals surface area contributed by atoms with Crippen molar-refractivity contribution < 1.29 is 9.53 Å². The van der Waals surface area contributed by atoms with Crippen LogP contribution in [0, 0.1) is 6.92 Å². The lowest BCUT2D eigenvalue weighted by Gasteiger charge is -2.27. The second-order valence-electron chi connectivity index (χ2n) is 5.04. The number of benzene rings is 1. The van der Waals surface area contributed by atoms with Gasteiger partial charge >= 0.3 is 5.97 Å². The van der Waals surface area contributed by atoms with Gasteiger partial charge in [0.2, 0.25) is 0 Å². The number of fused-ring (bicyclic) bond motifs is 2. The van der Waals surface area contributed by atoms with Crippen LogP contribution < -0.4 is 5.32 Å². The topological polar surface area (TPSA) is 38.3 Å². The van der Waals surface area contributed by atoms with Crippen molar-refractivity contribution >= 4 is 5.97 Å². The molecule has 2 aliphatic heterocycles. The quantitative estimate of drug-likeness (QED) is 0.695. The Bertz CT molecular complexity index is 459. The van der Waals surface area contributed by atoms with Gasteiger partial charge in [-0.3, -0.25) is 0 Å². The summed E-state index contributed by atoms with van der Waals surface area (Å²) in [6, 6.07) is 6.00. The van der Waals surface area contributed by atoms with Crippen LogP contribution in [0.3, 0.4) is 0 Å².